The smallest absolute Gasteiger partial charge is 0.333 e. The molecule has 1 saturated carbocycles. The van der Waals surface area contributed by atoms with Crippen LogP contribution in [0.15, 0.2) is 60.7 Å². The average Bonchev–Trinajstić information content (AvgIpc) is 3.41. The van der Waals surface area contributed by atoms with Gasteiger partial charge in [-0.15, -0.1) is 0 Å². The summed E-state index contributed by atoms with van der Waals surface area (Å²) in [5, 5.41) is 0. The van der Waals surface area contributed by atoms with E-state index >= 15 is 0 Å². The number of esters is 1. The van der Waals surface area contributed by atoms with Crippen molar-refractivity contribution in [3.05, 3.63) is 66.2 Å². The predicted octanol–water partition coefficient (Wildman–Crippen LogP) is 4.98. The zero-order chi connectivity index (χ0) is 17.8. The summed E-state index contributed by atoms with van der Waals surface area (Å²) in [6, 6.07) is 16.9. The highest BCUT2D eigenvalue weighted by Crippen LogP contribution is 2.49. The molecule has 0 radical (unpaired) electrons. The van der Waals surface area contributed by atoms with Crippen LogP contribution in [0.25, 0.3) is 11.1 Å². The lowest BCUT2D eigenvalue weighted by Crippen LogP contribution is -2.06. The van der Waals surface area contributed by atoms with Crippen LogP contribution < -0.4 is 4.74 Å². The molecule has 3 nitrogen and oxygen atoms in total. The van der Waals surface area contributed by atoms with Crippen molar-refractivity contribution in [1.82, 2.24) is 0 Å². The van der Waals surface area contributed by atoms with Crippen molar-refractivity contribution in [2.45, 2.75) is 25.7 Å². The van der Waals surface area contributed by atoms with Crippen LogP contribution in [0.3, 0.4) is 0 Å². The summed E-state index contributed by atoms with van der Waals surface area (Å²) >= 11 is 0. The van der Waals surface area contributed by atoms with Gasteiger partial charge in [-0.25, -0.2) is 4.79 Å². The van der Waals surface area contributed by atoms with Gasteiger partial charge >= 0.3 is 5.97 Å². The van der Waals surface area contributed by atoms with Crippen LogP contribution in [0, 0.1) is 5.92 Å². The second kappa shape index (κ2) is 7.56. The number of ether oxygens (including phenoxy) is 2. The summed E-state index contributed by atoms with van der Waals surface area (Å²) in [4.78, 5) is 11.4. The maximum atomic E-state index is 11.4. The van der Waals surface area contributed by atoms with Gasteiger partial charge in [-0.1, -0.05) is 43.0 Å². The molecular weight excluding hydrogens is 312 g/mol. The van der Waals surface area contributed by atoms with E-state index in [0.29, 0.717) is 24.0 Å². The molecule has 0 N–H and O–H groups in total. The summed E-state index contributed by atoms with van der Waals surface area (Å²) in [7, 11) is 1.68. The van der Waals surface area contributed by atoms with Gasteiger partial charge in [0.25, 0.3) is 0 Å². The molecule has 0 amide bonds. The van der Waals surface area contributed by atoms with Crippen LogP contribution in [0.2, 0.25) is 0 Å². The first-order valence-corrected chi connectivity index (χ1v) is 8.65. The van der Waals surface area contributed by atoms with Gasteiger partial charge in [0.2, 0.25) is 0 Å². The lowest BCUT2D eigenvalue weighted by Gasteiger charge is -2.06. The van der Waals surface area contributed by atoms with Crippen molar-refractivity contribution in [2.75, 3.05) is 13.7 Å². The van der Waals surface area contributed by atoms with Gasteiger partial charge in [0, 0.05) is 5.57 Å². The largest absolute Gasteiger partial charge is 0.497 e. The third kappa shape index (κ3) is 4.30. The Morgan fingerprint density at radius 1 is 1.08 bits per heavy atom. The predicted molar refractivity (Wildman–Crippen MR) is 99.7 cm³/mol. The Morgan fingerprint density at radius 2 is 1.68 bits per heavy atom. The fourth-order valence-corrected chi connectivity index (χ4v) is 3.11. The van der Waals surface area contributed by atoms with E-state index in [4.69, 9.17) is 9.47 Å². The topological polar surface area (TPSA) is 35.5 Å². The van der Waals surface area contributed by atoms with Crippen LogP contribution in [0.1, 0.15) is 31.2 Å². The van der Waals surface area contributed by atoms with Crippen molar-refractivity contribution < 1.29 is 14.3 Å². The third-order valence-electron chi connectivity index (χ3n) is 4.76. The van der Waals surface area contributed by atoms with Gasteiger partial charge in [-0.3, -0.25) is 0 Å². The third-order valence-corrected chi connectivity index (χ3v) is 4.76. The molecule has 0 saturated heterocycles. The van der Waals surface area contributed by atoms with Gasteiger partial charge in [0.1, 0.15) is 5.75 Å². The molecule has 2 atom stereocenters. The Balaban J connectivity index is 1.53. The first kappa shape index (κ1) is 17.3. The second-order valence-electron chi connectivity index (χ2n) is 6.66. The molecule has 1 aliphatic carbocycles. The minimum atomic E-state index is -0.291. The lowest BCUT2D eigenvalue weighted by molar-refractivity contribution is -0.139. The fraction of sp³-hybridized carbons (Fsp3) is 0.318. The van der Waals surface area contributed by atoms with E-state index in [1.807, 2.05) is 12.1 Å². The van der Waals surface area contributed by atoms with Crippen LogP contribution >= 0.6 is 0 Å². The summed E-state index contributed by atoms with van der Waals surface area (Å²) < 4.78 is 10.4. The molecule has 2 unspecified atom stereocenters. The molecule has 0 aliphatic heterocycles. The standard InChI is InChI=1S/C22H24O3/c1-15(2)22(23)25-13-12-19-14-21(19)18-6-4-16(5-7-18)17-8-10-20(24-3)11-9-17/h4-11,19,21H,1,12-14H2,2-3H3. The average molecular weight is 336 g/mol. The number of carbonyl (C=O) groups excluding carboxylic acids is 1. The van der Waals surface area contributed by atoms with Crippen LogP contribution in [0.4, 0.5) is 0 Å². The maximum absolute atomic E-state index is 11.4. The van der Waals surface area contributed by atoms with Crippen molar-refractivity contribution in [2.24, 2.45) is 5.92 Å². The Hall–Kier alpha value is -2.55. The van der Waals surface area contributed by atoms with Crippen molar-refractivity contribution in [3.63, 3.8) is 0 Å². The molecule has 2 aromatic carbocycles. The van der Waals surface area contributed by atoms with Crippen LogP contribution in [0.5, 0.6) is 5.75 Å². The highest BCUT2D eigenvalue weighted by molar-refractivity contribution is 5.86. The molecule has 130 valence electrons. The van der Waals surface area contributed by atoms with E-state index in [0.717, 1.165) is 12.2 Å². The second-order valence-corrected chi connectivity index (χ2v) is 6.66. The molecule has 2 aromatic rings. The monoisotopic (exact) mass is 336 g/mol. The van der Waals surface area contributed by atoms with E-state index in [9.17, 15) is 4.79 Å². The Bertz CT molecular complexity index is 744. The summed E-state index contributed by atoms with van der Waals surface area (Å²) in [5.41, 5.74) is 4.22. The first-order chi connectivity index (χ1) is 12.1. The number of carbonyl (C=O) groups is 1. The number of hydrogen-bond donors (Lipinski definition) is 0. The molecular formula is C22H24O3. The maximum Gasteiger partial charge on any atom is 0.333 e. The van der Waals surface area contributed by atoms with Gasteiger partial charge in [-0.05, 0) is 60.4 Å². The zero-order valence-electron chi connectivity index (χ0n) is 14.8. The summed E-state index contributed by atoms with van der Waals surface area (Å²) in [6.45, 7) is 5.75. The van der Waals surface area contributed by atoms with E-state index in [1.54, 1.807) is 14.0 Å². The Labute approximate surface area is 149 Å². The molecule has 0 heterocycles. The quantitative estimate of drug-likeness (QED) is 0.529. The fourth-order valence-electron chi connectivity index (χ4n) is 3.11. The highest BCUT2D eigenvalue weighted by atomic mass is 16.5. The molecule has 25 heavy (non-hydrogen) atoms. The van der Waals surface area contributed by atoms with Crippen molar-refractivity contribution >= 4 is 5.97 Å². The number of methoxy groups -OCH3 is 1. The van der Waals surface area contributed by atoms with E-state index < -0.39 is 0 Å². The van der Waals surface area contributed by atoms with E-state index in [-0.39, 0.29) is 5.97 Å². The molecule has 3 rings (SSSR count). The van der Waals surface area contributed by atoms with Gasteiger partial charge in [-0.2, -0.15) is 0 Å². The molecule has 1 aliphatic rings. The molecule has 1 fully saturated rings. The van der Waals surface area contributed by atoms with Gasteiger partial charge < -0.3 is 9.47 Å². The van der Waals surface area contributed by atoms with E-state index in [1.165, 1.54) is 23.1 Å². The Kier molecular flexibility index (Phi) is 5.22. The summed E-state index contributed by atoms with van der Waals surface area (Å²) in [6.07, 6.45) is 2.09. The van der Waals surface area contributed by atoms with Crippen LogP contribution in [-0.4, -0.2) is 19.7 Å². The highest BCUT2D eigenvalue weighted by Gasteiger charge is 2.37. The van der Waals surface area contributed by atoms with Gasteiger partial charge in [0.15, 0.2) is 0 Å². The normalized spacial score (nSPS) is 18.5. The van der Waals surface area contributed by atoms with Crippen molar-refractivity contribution in [1.29, 1.82) is 0 Å². The lowest BCUT2D eigenvalue weighted by atomic mass is 10.0. The minimum absolute atomic E-state index is 0.291. The summed E-state index contributed by atoms with van der Waals surface area (Å²) in [5.74, 6) is 1.78. The first-order valence-electron chi connectivity index (χ1n) is 8.65. The number of hydrogen-bond acceptors (Lipinski definition) is 3. The molecule has 0 bridgehead atoms. The zero-order valence-corrected chi connectivity index (χ0v) is 14.8. The van der Waals surface area contributed by atoms with Gasteiger partial charge in [0.05, 0.1) is 13.7 Å². The number of benzene rings is 2. The molecule has 0 spiro atoms. The molecule has 3 heteroatoms. The van der Waals surface area contributed by atoms with E-state index in [2.05, 4.69) is 43.0 Å². The molecule has 0 aromatic heterocycles. The van der Waals surface area contributed by atoms with Crippen molar-refractivity contribution in [3.8, 4) is 16.9 Å². The number of rotatable bonds is 7. The SMILES string of the molecule is C=C(C)C(=O)OCCC1CC1c1ccc(-c2ccc(OC)cc2)cc1. The van der Waals surface area contributed by atoms with Crippen LogP contribution in [-0.2, 0) is 9.53 Å². The minimum Gasteiger partial charge on any atom is -0.497 e. The Morgan fingerprint density at radius 3 is 2.24 bits per heavy atom.